The summed E-state index contributed by atoms with van der Waals surface area (Å²) in [7, 11) is 0. The minimum Gasteiger partial charge on any atom is -0.398 e. The Hall–Kier alpha value is -1.81. The summed E-state index contributed by atoms with van der Waals surface area (Å²) in [6.07, 6.45) is 1.86. The molecule has 0 saturated carbocycles. The van der Waals surface area contributed by atoms with Crippen molar-refractivity contribution >= 4 is 22.3 Å². The molecule has 1 fully saturated rings. The van der Waals surface area contributed by atoms with E-state index in [-0.39, 0.29) is 0 Å². The third-order valence-corrected chi connectivity index (χ3v) is 3.60. The molecular weight excluding hydrogens is 224 g/mol. The summed E-state index contributed by atoms with van der Waals surface area (Å²) in [5.41, 5.74) is 8.15. The van der Waals surface area contributed by atoms with Crippen LogP contribution in [0.5, 0.6) is 0 Å². The fourth-order valence-electron chi connectivity index (χ4n) is 2.50. The summed E-state index contributed by atoms with van der Waals surface area (Å²) in [6, 6.07) is 6.21. The van der Waals surface area contributed by atoms with Gasteiger partial charge in [0.2, 0.25) is 0 Å². The first-order valence-electron chi connectivity index (χ1n) is 6.37. The zero-order chi connectivity index (χ0) is 12.5. The summed E-state index contributed by atoms with van der Waals surface area (Å²) in [5.74, 6) is 1.06. The van der Waals surface area contributed by atoms with E-state index in [0.29, 0.717) is 0 Å². The van der Waals surface area contributed by atoms with Gasteiger partial charge in [-0.25, -0.2) is 4.98 Å². The average Bonchev–Trinajstić information content (AvgIpc) is 2.43. The quantitative estimate of drug-likeness (QED) is 0.745. The third-order valence-electron chi connectivity index (χ3n) is 3.60. The molecule has 0 amide bonds. The molecule has 0 radical (unpaired) electrons. The number of benzene rings is 1. The maximum absolute atomic E-state index is 6.16. The molecule has 4 nitrogen and oxygen atoms in total. The molecule has 2 aromatic rings. The van der Waals surface area contributed by atoms with Gasteiger partial charge in [0.05, 0.1) is 0 Å². The Bertz CT molecular complexity index is 573. The summed E-state index contributed by atoms with van der Waals surface area (Å²) in [4.78, 5) is 6.87. The van der Waals surface area contributed by atoms with E-state index in [0.717, 1.165) is 54.0 Å². The van der Waals surface area contributed by atoms with E-state index in [1.54, 1.807) is 0 Å². The standard InChI is InChI=1S/C14H18N4/c1-10-2-3-12-11(13(10)15)4-5-17-14(12)18-8-6-16-7-9-18/h2-5,16H,6-9,15H2,1H3. The Kier molecular flexibility index (Phi) is 2.80. The highest BCUT2D eigenvalue weighted by atomic mass is 15.2. The monoisotopic (exact) mass is 242 g/mol. The van der Waals surface area contributed by atoms with Crippen LogP contribution in [0.4, 0.5) is 11.5 Å². The number of hydrogen-bond donors (Lipinski definition) is 2. The molecule has 1 aromatic heterocycles. The molecule has 0 spiro atoms. The minimum atomic E-state index is 0.867. The predicted octanol–water partition coefficient (Wildman–Crippen LogP) is 1.54. The van der Waals surface area contributed by atoms with Gasteiger partial charge in [-0.15, -0.1) is 0 Å². The molecule has 1 aliphatic heterocycles. The predicted molar refractivity (Wildman–Crippen MR) is 76.0 cm³/mol. The number of hydrogen-bond acceptors (Lipinski definition) is 4. The van der Waals surface area contributed by atoms with Crippen molar-refractivity contribution in [3.63, 3.8) is 0 Å². The summed E-state index contributed by atoms with van der Waals surface area (Å²) in [6.45, 7) is 6.07. The maximum atomic E-state index is 6.16. The fourth-order valence-corrected chi connectivity index (χ4v) is 2.50. The molecule has 2 heterocycles. The normalized spacial score (nSPS) is 16.2. The van der Waals surface area contributed by atoms with Crippen LogP contribution in [0.15, 0.2) is 24.4 Å². The molecule has 1 aromatic carbocycles. The molecule has 0 bridgehead atoms. The molecule has 0 atom stereocenters. The molecule has 0 aliphatic carbocycles. The molecule has 1 saturated heterocycles. The van der Waals surface area contributed by atoms with Crippen molar-refractivity contribution < 1.29 is 0 Å². The second-order valence-corrected chi connectivity index (χ2v) is 4.76. The van der Waals surface area contributed by atoms with Gasteiger partial charge in [-0.05, 0) is 18.6 Å². The zero-order valence-electron chi connectivity index (χ0n) is 10.6. The first kappa shape index (κ1) is 11.3. The molecule has 4 heteroatoms. The van der Waals surface area contributed by atoms with Gasteiger partial charge in [-0.3, -0.25) is 0 Å². The number of nitrogens with one attached hydrogen (secondary N) is 1. The molecule has 0 unspecified atom stereocenters. The lowest BCUT2D eigenvalue weighted by Crippen LogP contribution is -2.43. The lowest BCUT2D eigenvalue weighted by atomic mass is 10.1. The first-order valence-corrected chi connectivity index (χ1v) is 6.37. The number of fused-ring (bicyclic) bond motifs is 1. The van der Waals surface area contributed by atoms with Crippen LogP contribution in [-0.2, 0) is 0 Å². The Labute approximate surface area is 107 Å². The maximum Gasteiger partial charge on any atom is 0.136 e. The van der Waals surface area contributed by atoms with Crippen LogP contribution in [0.2, 0.25) is 0 Å². The van der Waals surface area contributed by atoms with Gasteiger partial charge in [-0.1, -0.05) is 12.1 Å². The number of nitrogen functional groups attached to an aromatic ring is 1. The van der Waals surface area contributed by atoms with E-state index < -0.39 is 0 Å². The molecule has 18 heavy (non-hydrogen) atoms. The van der Waals surface area contributed by atoms with Gasteiger partial charge in [0.1, 0.15) is 5.82 Å². The smallest absolute Gasteiger partial charge is 0.136 e. The first-order chi connectivity index (χ1) is 8.77. The van der Waals surface area contributed by atoms with E-state index in [1.165, 1.54) is 0 Å². The number of aryl methyl sites for hydroxylation is 1. The highest BCUT2D eigenvalue weighted by Gasteiger charge is 2.15. The minimum absolute atomic E-state index is 0.867. The number of rotatable bonds is 1. The van der Waals surface area contributed by atoms with Crippen LogP contribution in [0, 0.1) is 6.92 Å². The summed E-state index contributed by atoms with van der Waals surface area (Å²) in [5, 5.41) is 5.62. The van der Waals surface area contributed by atoms with Crippen molar-refractivity contribution in [1.29, 1.82) is 0 Å². The van der Waals surface area contributed by atoms with Crippen molar-refractivity contribution in [2.45, 2.75) is 6.92 Å². The number of anilines is 2. The SMILES string of the molecule is Cc1ccc2c(N3CCNCC3)nccc2c1N. The van der Waals surface area contributed by atoms with E-state index >= 15 is 0 Å². The van der Waals surface area contributed by atoms with Crippen LogP contribution in [0.3, 0.4) is 0 Å². The fraction of sp³-hybridized carbons (Fsp3) is 0.357. The number of piperazine rings is 1. The Balaban J connectivity index is 2.14. The molecule has 3 rings (SSSR count). The molecule has 3 N–H and O–H groups in total. The molecular formula is C14H18N4. The lowest BCUT2D eigenvalue weighted by molar-refractivity contribution is 0.586. The number of nitrogens with zero attached hydrogens (tertiary/aromatic N) is 2. The van der Waals surface area contributed by atoms with Gasteiger partial charge in [0.15, 0.2) is 0 Å². The van der Waals surface area contributed by atoms with Crippen LogP contribution < -0.4 is 16.0 Å². The van der Waals surface area contributed by atoms with Crippen molar-refractivity contribution in [2.75, 3.05) is 36.8 Å². The average molecular weight is 242 g/mol. The highest BCUT2D eigenvalue weighted by Crippen LogP contribution is 2.30. The molecule has 1 aliphatic rings. The third kappa shape index (κ3) is 1.78. The van der Waals surface area contributed by atoms with Gasteiger partial charge in [-0.2, -0.15) is 0 Å². The summed E-state index contributed by atoms with van der Waals surface area (Å²) >= 11 is 0. The van der Waals surface area contributed by atoms with Crippen LogP contribution >= 0.6 is 0 Å². The van der Waals surface area contributed by atoms with Crippen LogP contribution in [-0.4, -0.2) is 31.2 Å². The van der Waals surface area contributed by atoms with Crippen LogP contribution in [0.25, 0.3) is 10.8 Å². The number of pyridine rings is 1. The second-order valence-electron chi connectivity index (χ2n) is 4.76. The Morgan fingerprint density at radius 3 is 2.72 bits per heavy atom. The van der Waals surface area contributed by atoms with E-state index in [1.807, 2.05) is 19.2 Å². The van der Waals surface area contributed by atoms with Crippen molar-refractivity contribution in [1.82, 2.24) is 10.3 Å². The van der Waals surface area contributed by atoms with Gasteiger partial charge >= 0.3 is 0 Å². The van der Waals surface area contributed by atoms with Gasteiger partial charge in [0, 0.05) is 48.8 Å². The Morgan fingerprint density at radius 1 is 1.17 bits per heavy atom. The summed E-state index contributed by atoms with van der Waals surface area (Å²) < 4.78 is 0. The van der Waals surface area contributed by atoms with Crippen LogP contribution in [0.1, 0.15) is 5.56 Å². The van der Waals surface area contributed by atoms with E-state index in [9.17, 15) is 0 Å². The number of aromatic nitrogens is 1. The molecule has 94 valence electrons. The lowest BCUT2D eigenvalue weighted by Gasteiger charge is -2.29. The zero-order valence-corrected chi connectivity index (χ0v) is 10.6. The van der Waals surface area contributed by atoms with E-state index in [4.69, 9.17) is 5.73 Å². The van der Waals surface area contributed by atoms with Crippen molar-refractivity contribution in [3.8, 4) is 0 Å². The van der Waals surface area contributed by atoms with Gasteiger partial charge < -0.3 is 16.0 Å². The van der Waals surface area contributed by atoms with Crippen molar-refractivity contribution in [2.24, 2.45) is 0 Å². The van der Waals surface area contributed by atoms with E-state index in [2.05, 4.69) is 27.3 Å². The highest BCUT2D eigenvalue weighted by molar-refractivity contribution is 6.00. The Morgan fingerprint density at radius 2 is 1.94 bits per heavy atom. The largest absolute Gasteiger partial charge is 0.398 e. The topological polar surface area (TPSA) is 54.2 Å². The number of nitrogens with two attached hydrogens (primary N) is 1. The second kappa shape index (κ2) is 4.46. The van der Waals surface area contributed by atoms with Gasteiger partial charge in [0.25, 0.3) is 0 Å². The van der Waals surface area contributed by atoms with Crippen molar-refractivity contribution in [3.05, 3.63) is 30.0 Å².